The van der Waals surface area contributed by atoms with Crippen molar-refractivity contribution in [1.29, 1.82) is 0 Å². The molecule has 3 aromatic heterocycles. The van der Waals surface area contributed by atoms with Crippen molar-refractivity contribution in [2.45, 2.75) is 87.6 Å². The molecule has 0 atom stereocenters. The number of fused-ring (bicyclic) bond motifs is 8. The van der Waals surface area contributed by atoms with E-state index in [0.29, 0.717) is 0 Å². The first kappa shape index (κ1) is 27.1. The number of allylic oxidation sites excluding steroid dienone is 4. The van der Waals surface area contributed by atoms with E-state index in [0.717, 1.165) is 66.0 Å². The molecule has 0 aromatic carbocycles. The average molecular weight is 522 g/mol. The van der Waals surface area contributed by atoms with Crippen molar-refractivity contribution in [3.8, 4) is 0 Å². The zero-order valence-corrected chi connectivity index (χ0v) is 25.2. The van der Waals surface area contributed by atoms with Crippen molar-refractivity contribution >= 4 is 44.4 Å². The van der Waals surface area contributed by atoms with Crippen LogP contribution in [0.4, 0.5) is 0 Å². The lowest BCUT2D eigenvalue weighted by atomic mass is 9.98. The van der Waals surface area contributed by atoms with Crippen molar-refractivity contribution in [3.05, 3.63) is 68.8 Å². The zero-order chi connectivity index (χ0) is 28.0. The summed E-state index contributed by atoms with van der Waals surface area (Å²) in [6.07, 6.45) is 3.81. The molecule has 0 radical (unpaired) electrons. The Morgan fingerprint density at radius 3 is 1.87 bits per heavy atom. The van der Waals surface area contributed by atoms with Crippen molar-refractivity contribution in [1.82, 2.24) is 25.3 Å². The second-order valence-electron chi connectivity index (χ2n) is 10.9. The minimum absolute atomic E-state index is 0.742. The van der Waals surface area contributed by atoms with Gasteiger partial charge < -0.3 is 15.3 Å². The number of rotatable bonds is 6. The maximum Gasteiger partial charge on any atom is 0.0738 e. The second kappa shape index (κ2) is 10.6. The summed E-state index contributed by atoms with van der Waals surface area (Å²) in [5, 5.41) is 3.43. The molecule has 0 saturated carbocycles. The van der Waals surface area contributed by atoms with E-state index >= 15 is 0 Å². The quantitative estimate of drug-likeness (QED) is 0.305. The summed E-state index contributed by atoms with van der Waals surface area (Å²) in [5.74, 6) is 0. The number of aromatic nitrogens is 4. The Bertz CT molecular complexity index is 1690. The van der Waals surface area contributed by atoms with Gasteiger partial charge >= 0.3 is 0 Å². The Labute approximate surface area is 232 Å². The predicted octanol–water partition coefficient (Wildman–Crippen LogP) is 8.46. The summed E-state index contributed by atoms with van der Waals surface area (Å²) in [5.41, 5.74) is 20.6. The maximum atomic E-state index is 5.31. The van der Waals surface area contributed by atoms with Crippen LogP contribution in [0.3, 0.4) is 0 Å². The third kappa shape index (κ3) is 4.37. The Morgan fingerprint density at radius 1 is 0.615 bits per heavy atom. The van der Waals surface area contributed by atoms with Gasteiger partial charge in [-0.1, -0.05) is 27.7 Å². The molecule has 0 spiro atoms. The SMILES string of the molecule is CCC1=C(C)c2cc3[nH]c(cc4[nH]c(c(C)c4CC)c(CNC)c4nc(cc1n2)C(C)=C4CC)c(C)c3CC. The minimum atomic E-state index is 0.742. The van der Waals surface area contributed by atoms with E-state index in [4.69, 9.17) is 9.97 Å². The molecule has 0 saturated heterocycles. The number of nitrogens with zero attached hydrogens (tertiary/aromatic N) is 2. The molecule has 8 bridgehead atoms. The largest absolute Gasteiger partial charge is 0.355 e. The van der Waals surface area contributed by atoms with Crippen LogP contribution in [0.15, 0.2) is 18.2 Å². The fraction of sp³-hybridized carbons (Fsp3) is 0.412. The van der Waals surface area contributed by atoms with Gasteiger partial charge in [-0.3, -0.25) is 0 Å². The molecule has 0 unspecified atom stereocenters. The van der Waals surface area contributed by atoms with Crippen LogP contribution in [-0.2, 0) is 19.4 Å². The molecule has 2 aliphatic rings. The molecule has 0 aliphatic carbocycles. The molecule has 0 amide bonds. The van der Waals surface area contributed by atoms with Gasteiger partial charge in [0.1, 0.15) is 0 Å². The van der Waals surface area contributed by atoms with Gasteiger partial charge in [0, 0.05) is 34.2 Å². The molecule has 5 rings (SSSR count). The van der Waals surface area contributed by atoms with Gasteiger partial charge in [-0.15, -0.1) is 0 Å². The van der Waals surface area contributed by atoms with Crippen LogP contribution in [-0.4, -0.2) is 27.0 Å². The highest BCUT2D eigenvalue weighted by atomic mass is 14.8. The normalized spacial score (nSPS) is 13.7. The third-order valence-corrected chi connectivity index (χ3v) is 8.80. The van der Waals surface area contributed by atoms with Crippen LogP contribution < -0.4 is 5.32 Å². The molecule has 204 valence electrons. The molecular formula is C34H43N5. The average Bonchev–Trinajstić information content (AvgIpc) is 3.59. The lowest BCUT2D eigenvalue weighted by Crippen LogP contribution is -2.08. The van der Waals surface area contributed by atoms with Crippen LogP contribution in [0, 0.1) is 13.8 Å². The maximum absolute atomic E-state index is 5.31. The van der Waals surface area contributed by atoms with E-state index in [1.165, 1.54) is 61.1 Å². The molecule has 5 heteroatoms. The van der Waals surface area contributed by atoms with E-state index < -0.39 is 0 Å². The molecule has 3 aromatic rings. The molecule has 2 aliphatic heterocycles. The molecule has 39 heavy (non-hydrogen) atoms. The van der Waals surface area contributed by atoms with Gasteiger partial charge in [0.15, 0.2) is 0 Å². The van der Waals surface area contributed by atoms with Gasteiger partial charge in [0.2, 0.25) is 0 Å². The fourth-order valence-corrected chi connectivity index (χ4v) is 6.58. The van der Waals surface area contributed by atoms with Gasteiger partial charge in [0.25, 0.3) is 0 Å². The summed E-state index contributed by atoms with van der Waals surface area (Å²) in [7, 11) is 2.02. The molecule has 0 fully saturated rings. The van der Waals surface area contributed by atoms with Crippen LogP contribution in [0.1, 0.15) is 105 Å². The van der Waals surface area contributed by atoms with E-state index in [9.17, 15) is 0 Å². The highest BCUT2D eigenvalue weighted by Crippen LogP contribution is 2.38. The Hall–Kier alpha value is -3.44. The van der Waals surface area contributed by atoms with Crippen molar-refractivity contribution in [3.63, 3.8) is 0 Å². The van der Waals surface area contributed by atoms with Crippen LogP contribution >= 0.6 is 0 Å². The Balaban J connectivity index is 2.05. The molecular weight excluding hydrogens is 478 g/mol. The van der Waals surface area contributed by atoms with E-state index in [2.05, 4.69) is 88.9 Å². The summed E-state index contributed by atoms with van der Waals surface area (Å²) >= 11 is 0. The summed E-state index contributed by atoms with van der Waals surface area (Å²) in [6, 6.07) is 6.77. The Morgan fingerprint density at radius 2 is 1.23 bits per heavy atom. The molecule has 5 nitrogen and oxygen atoms in total. The smallest absolute Gasteiger partial charge is 0.0738 e. The first-order valence-electron chi connectivity index (χ1n) is 14.6. The predicted molar refractivity (Wildman–Crippen MR) is 168 cm³/mol. The summed E-state index contributed by atoms with van der Waals surface area (Å²) < 4.78 is 0. The number of aromatic amines is 2. The summed E-state index contributed by atoms with van der Waals surface area (Å²) in [6.45, 7) is 18.6. The first-order chi connectivity index (χ1) is 18.8. The van der Waals surface area contributed by atoms with E-state index in [1.807, 2.05) is 7.05 Å². The van der Waals surface area contributed by atoms with Crippen LogP contribution in [0.25, 0.3) is 44.4 Å². The number of nitrogens with one attached hydrogen (secondary N) is 3. The third-order valence-electron chi connectivity index (χ3n) is 8.80. The highest BCUT2D eigenvalue weighted by Gasteiger charge is 2.23. The molecule has 5 heterocycles. The van der Waals surface area contributed by atoms with Gasteiger partial charge in [-0.2, -0.15) is 0 Å². The number of hydrogen-bond donors (Lipinski definition) is 3. The van der Waals surface area contributed by atoms with Gasteiger partial charge in [0.05, 0.1) is 22.8 Å². The monoisotopic (exact) mass is 521 g/mol. The lowest BCUT2D eigenvalue weighted by Gasteiger charge is -2.08. The van der Waals surface area contributed by atoms with Gasteiger partial charge in [-0.05, 0) is 123 Å². The van der Waals surface area contributed by atoms with Crippen LogP contribution in [0.2, 0.25) is 0 Å². The van der Waals surface area contributed by atoms with E-state index in [-0.39, 0.29) is 0 Å². The second-order valence-corrected chi connectivity index (χ2v) is 10.9. The number of aryl methyl sites for hydroxylation is 4. The fourth-order valence-electron chi connectivity index (χ4n) is 6.58. The first-order valence-corrected chi connectivity index (χ1v) is 14.6. The highest BCUT2D eigenvalue weighted by molar-refractivity contribution is 5.96. The van der Waals surface area contributed by atoms with Crippen molar-refractivity contribution in [2.75, 3.05) is 7.05 Å². The van der Waals surface area contributed by atoms with E-state index in [1.54, 1.807) is 0 Å². The van der Waals surface area contributed by atoms with Crippen LogP contribution in [0.5, 0.6) is 0 Å². The molecule has 3 N–H and O–H groups in total. The number of hydrogen-bond acceptors (Lipinski definition) is 3. The van der Waals surface area contributed by atoms with Gasteiger partial charge in [-0.25, -0.2) is 9.97 Å². The topological polar surface area (TPSA) is 69.4 Å². The minimum Gasteiger partial charge on any atom is -0.355 e. The standard InChI is InChI=1S/C34H43N5/c1-10-22-19(6)28-15-32-24(12-3)21(8)33(39-32)26(17-35-9)34-25(13-4)20(7)29(38-34)16-31-23(11-2)18(5)27(36-31)14-30(22)37-28/h14-16,35,37,39H,10-13,17H2,1-9H3. The number of H-pyrrole nitrogens is 2. The summed E-state index contributed by atoms with van der Waals surface area (Å²) in [4.78, 5) is 18.1. The van der Waals surface area contributed by atoms with Crippen molar-refractivity contribution < 1.29 is 0 Å². The lowest BCUT2D eigenvalue weighted by molar-refractivity contribution is 0.815. The van der Waals surface area contributed by atoms with Crippen molar-refractivity contribution in [2.24, 2.45) is 0 Å². The zero-order valence-electron chi connectivity index (χ0n) is 25.2. The Kier molecular flexibility index (Phi) is 7.39.